The Morgan fingerprint density at radius 3 is 2.71 bits per heavy atom. The first-order valence-electron chi connectivity index (χ1n) is 7.53. The highest BCUT2D eigenvalue weighted by atomic mass is 32.2. The van der Waals surface area contributed by atoms with E-state index in [4.69, 9.17) is 0 Å². The SMILES string of the molecule is CCCS(=O)(=O)c1ccccc1N1CCCC(C(C)=O)C1. The van der Waals surface area contributed by atoms with Gasteiger partial charge in [0.15, 0.2) is 9.84 Å². The molecule has 1 saturated heterocycles. The van der Waals surface area contributed by atoms with Crippen molar-refractivity contribution >= 4 is 21.3 Å². The fraction of sp³-hybridized carbons (Fsp3) is 0.562. The number of sulfone groups is 1. The number of rotatable bonds is 5. The zero-order chi connectivity index (χ0) is 15.5. The fourth-order valence-corrected chi connectivity index (χ4v) is 4.45. The molecule has 1 aliphatic heterocycles. The average molecular weight is 309 g/mol. The van der Waals surface area contributed by atoms with Crippen molar-refractivity contribution in [2.75, 3.05) is 23.7 Å². The monoisotopic (exact) mass is 309 g/mol. The highest BCUT2D eigenvalue weighted by molar-refractivity contribution is 7.91. The van der Waals surface area contributed by atoms with Crippen LogP contribution in [0.3, 0.4) is 0 Å². The van der Waals surface area contributed by atoms with E-state index in [0.29, 0.717) is 17.9 Å². The highest BCUT2D eigenvalue weighted by Gasteiger charge is 2.27. The molecule has 0 N–H and O–H groups in total. The molecule has 5 heteroatoms. The van der Waals surface area contributed by atoms with E-state index in [-0.39, 0.29) is 17.5 Å². The minimum atomic E-state index is -3.25. The number of Topliss-reactive ketones (excluding diaryl/α,β-unsaturated/α-hetero) is 1. The van der Waals surface area contributed by atoms with Crippen LogP contribution in [0.15, 0.2) is 29.2 Å². The van der Waals surface area contributed by atoms with E-state index in [0.717, 1.165) is 25.1 Å². The molecule has 0 bridgehead atoms. The van der Waals surface area contributed by atoms with Gasteiger partial charge in [-0.3, -0.25) is 4.79 Å². The maximum absolute atomic E-state index is 12.4. The number of benzene rings is 1. The molecule has 0 aromatic heterocycles. The Morgan fingerprint density at radius 1 is 1.33 bits per heavy atom. The maximum Gasteiger partial charge on any atom is 0.180 e. The third-order valence-corrected chi connectivity index (χ3v) is 5.97. The summed E-state index contributed by atoms with van der Waals surface area (Å²) in [5, 5.41) is 0. The van der Waals surface area contributed by atoms with Crippen LogP contribution in [-0.2, 0) is 14.6 Å². The molecule has 1 unspecified atom stereocenters. The molecule has 1 aliphatic rings. The maximum atomic E-state index is 12.4. The number of carbonyl (C=O) groups is 1. The largest absolute Gasteiger partial charge is 0.370 e. The molecule has 1 heterocycles. The number of hydrogen-bond acceptors (Lipinski definition) is 4. The lowest BCUT2D eigenvalue weighted by Crippen LogP contribution is -2.38. The van der Waals surface area contributed by atoms with Crippen molar-refractivity contribution in [2.24, 2.45) is 5.92 Å². The molecule has 21 heavy (non-hydrogen) atoms. The van der Waals surface area contributed by atoms with Crippen LogP contribution in [0.1, 0.15) is 33.1 Å². The number of ketones is 1. The van der Waals surface area contributed by atoms with Crippen LogP contribution >= 0.6 is 0 Å². The van der Waals surface area contributed by atoms with Gasteiger partial charge in [-0.2, -0.15) is 0 Å². The van der Waals surface area contributed by atoms with Gasteiger partial charge in [0, 0.05) is 19.0 Å². The van der Waals surface area contributed by atoms with Gasteiger partial charge >= 0.3 is 0 Å². The van der Waals surface area contributed by atoms with Crippen molar-refractivity contribution in [1.29, 1.82) is 0 Å². The zero-order valence-corrected chi connectivity index (χ0v) is 13.5. The quantitative estimate of drug-likeness (QED) is 0.839. The minimum absolute atomic E-state index is 0.0145. The Balaban J connectivity index is 2.34. The predicted octanol–water partition coefficient (Wildman–Crippen LogP) is 2.68. The molecule has 116 valence electrons. The second kappa shape index (κ2) is 6.60. The lowest BCUT2D eigenvalue weighted by Gasteiger charge is -2.34. The lowest BCUT2D eigenvalue weighted by atomic mass is 9.94. The van der Waals surface area contributed by atoms with Crippen LogP contribution in [0.4, 0.5) is 5.69 Å². The molecule has 1 aromatic carbocycles. The molecule has 1 atom stereocenters. The van der Waals surface area contributed by atoms with E-state index in [1.165, 1.54) is 0 Å². The van der Waals surface area contributed by atoms with E-state index in [1.807, 2.05) is 19.1 Å². The summed E-state index contributed by atoms with van der Waals surface area (Å²) < 4.78 is 24.8. The molecule has 0 amide bonds. The zero-order valence-electron chi connectivity index (χ0n) is 12.7. The Bertz CT molecular complexity index is 610. The highest BCUT2D eigenvalue weighted by Crippen LogP contribution is 2.30. The molecular formula is C16H23NO3S. The van der Waals surface area contributed by atoms with Crippen LogP contribution < -0.4 is 4.90 Å². The molecule has 0 aliphatic carbocycles. The summed E-state index contributed by atoms with van der Waals surface area (Å²) >= 11 is 0. The van der Waals surface area contributed by atoms with Gasteiger partial charge in [-0.1, -0.05) is 19.1 Å². The summed E-state index contributed by atoms with van der Waals surface area (Å²) in [6, 6.07) is 7.15. The molecule has 1 fully saturated rings. The van der Waals surface area contributed by atoms with E-state index < -0.39 is 9.84 Å². The summed E-state index contributed by atoms with van der Waals surface area (Å²) in [4.78, 5) is 14.1. The fourth-order valence-electron chi connectivity index (χ4n) is 2.89. The summed E-state index contributed by atoms with van der Waals surface area (Å²) in [5.74, 6) is 0.364. The van der Waals surface area contributed by atoms with Gasteiger partial charge in [-0.25, -0.2) is 8.42 Å². The molecule has 1 aromatic rings. The van der Waals surface area contributed by atoms with Crippen LogP contribution in [0.2, 0.25) is 0 Å². The van der Waals surface area contributed by atoms with Crippen molar-refractivity contribution in [2.45, 2.75) is 38.0 Å². The van der Waals surface area contributed by atoms with Gasteiger partial charge in [-0.15, -0.1) is 0 Å². The third-order valence-electron chi connectivity index (χ3n) is 4.01. The summed E-state index contributed by atoms with van der Waals surface area (Å²) in [6.45, 7) is 4.91. The van der Waals surface area contributed by atoms with Crippen molar-refractivity contribution in [3.05, 3.63) is 24.3 Å². The molecular weight excluding hydrogens is 286 g/mol. The van der Waals surface area contributed by atoms with Crippen molar-refractivity contribution in [1.82, 2.24) is 0 Å². The van der Waals surface area contributed by atoms with Gasteiger partial charge in [0.2, 0.25) is 0 Å². The van der Waals surface area contributed by atoms with Gasteiger partial charge in [0.05, 0.1) is 16.3 Å². The minimum Gasteiger partial charge on any atom is -0.370 e. The summed E-state index contributed by atoms with van der Waals surface area (Å²) in [6.07, 6.45) is 2.43. The Labute approximate surface area is 127 Å². The Kier molecular flexibility index (Phi) is 5.04. The topological polar surface area (TPSA) is 54.5 Å². The van der Waals surface area contributed by atoms with Crippen LogP contribution in [0, 0.1) is 5.92 Å². The van der Waals surface area contributed by atoms with Gasteiger partial charge < -0.3 is 4.90 Å². The second-order valence-electron chi connectivity index (χ2n) is 5.68. The third kappa shape index (κ3) is 3.64. The molecule has 0 radical (unpaired) electrons. The number of piperidine rings is 1. The first-order chi connectivity index (χ1) is 9.95. The smallest absolute Gasteiger partial charge is 0.180 e. The Morgan fingerprint density at radius 2 is 2.05 bits per heavy atom. The van der Waals surface area contributed by atoms with E-state index >= 15 is 0 Å². The molecule has 0 spiro atoms. The molecule has 4 nitrogen and oxygen atoms in total. The van der Waals surface area contributed by atoms with Crippen molar-refractivity contribution in [3.63, 3.8) is 0 Å². The molecule has 2 rings (SSSR count). The first kappa shape index (κ1) is 16.0. The summed E-state index contributed by atoms with van der Waals surface area (Å²) in [5.41, 5.74) is 0.747. The van der Waals surface area contributed by atoms with Gasteiger partial charge in [-0.05, 0) is 38.3 Å². The number of para-hydroxylation sites is 1. The van der Waals surface area contributed by atoms with Crippen LogP contribution in [0.5, 0.6) is 0 Å². The first-order valence-corrected chi connectivity index (χ1v) is 9.18. The molecule has 0 saturated carbocycles. The van der Waals surface area contributed by atoms with Crippen LogP contribution in [0.25, 0.3) is 0 Å². The second-order valence-corrected chi connectivity index (χ2v) is 7.76. The van der Waals surface area contributed by atoms with E-state index in [9.17, 15) is 13.2 Å². The Hall–Kier alpha value is -1.36. The lowest BCUT2D eigenvalue weighted by molar-refractivity contribution is -0.120. The van der Waals surface area contributed by atoms with Crippen LogP contribution in [-0.4, -0.2) is 33.0 Å². The summed E-state index contributed by atoms with van der Waals surface area (Å²) in [7, 11) is -3.25. The van der Waals surface area contributed by atoms with Crippen molar-refractivity contribution < 1.29 is 13.2 Å². The standard InChI is InChI=1S/C16H23NO3S/c1-3-11-21(19,20)16-9-5-4-8-15(16)17-10-6-7-14(12-17)13(2)18/h4-5,8-9,14H,3,6-7,10-12H2,1-2H3. The normalized spacial score (nSPS) is 19.5. The van der Waals surface area contributed by atoms with Gasteiger partial charge in [0.1, 0.15) is 5.78 Å². The van der Waals surface area contributed by atoms with Crippen molar-refractivity contribution in [3.8, 4) is 0 Å². The van der Waals surface area contributed by atoms with E-state index in [1.54, 1.807) is 19.1 Å². The number of nitrogens with zero attached hydrogens (tertiary/aromatic N) is 1. The van der Waals surface area contributed by atoms with Gasteiger partial charge in [0.25, 0.3) is 0 Å². The number of carbonyl (C=O) groups excluding carboxylic acids is 1. The number of hydrogen-bond donors (Lipinski definition) is 0. The predicted molar refractivity (Wildman–Crippen MR) is 84.4 cm³/mol. The van der Waals surface area contributed by atoms with E-state index in [2.05, 4.69) is 4.90 Å². The average Bonchev–Trinajstić information content (AvgIpc) is 2.47. The number of anilines is 1.